The third-order valence-corrected chi connectivity index (χ3v) is 4.23. The Kier molecular flexibility index (Phi) is 3.27. The van der Waals surface area contributed by atoms with Gasteiger partial charge in [0, 0.05) is 23.2 Å². The molecule has 1 aliphatic heterocycles. The number of hydrogen-bond acceptors (Lipinski definition) is 2. The first-order valence-corrected chi connectivity index (χ1v) is 7.08. The highest BCUT2D eigenvalue weighted by Crippen LogP contribution is 2.28. The van der Waals surface area contributed by atoms with Crippen molar-refractivity contribution >= 4 is 21.6 Å². The number of rotatable bonds is 1. The molecule has 3 rings (SSSR count). The molecule has 0 atom stereocenters. The largest absolute Gasteiger partial charge is 0.367 e. The second kappa shape index (κ2) is 5.07. The van der Waals surface area contributed by atoms with Crippen LogP contribution in [0.3, 0.4) is 0 Å². The number of fused-ring (bicyclic) bond motifs is 1. The average molecular weight is 313 g/mol. The normalized spacial score (nSPS) is 13.8. The monoisotopic (exact) mass is 312 g/mol. The fraction of sp³-hybridized carbons (Fsp3) is 0.188. The summed E-state index contributed by atoms with van der Waals surface area (Å²) in [6, 6.07) is 16.7. The van der Waals surface area contributed by atoms with Crippen molar-refractivity contribution in [2.24, 2.45) is 0 Å². The standard InChI is InChI=1S/C16H13BrN2/c17-16-9-15(6-5-13(16)10-18)19-8-7-12-3-1-2-4-14(12)11-19/h1-6,9H,7-8,11H2. The molecule has 0 spiro atoms. The second-order valence-corrected chi connectivity index (χ2v) is 5.57. The molecule has 0 N–H and O–H groups in total. The van der Waals surface area contributed by atoms with Crippen LogP contribution in [-0.2, 0) is 13.0 Å². The Balaban J connectivity index is 1.89. The first-order chi connectivity index (χ1) is 9.28. The molecule has 0 amide bonds. The Labute approximate surface area is 121 Å². The summed E-state index contributed by atoms with van der Waals surface area (Å²) in [6.45, 7) is 1.96. The van der Waals surface area contributed by atoms with E-state index in [9.17, 15) is 0 Å². The van der Waals surface area contributed by atoms with Crippen molar-refractivity contribution in [2.75, 3.05) is 11.4 Å². The maximum atomic E-state index is 8.96. The molecule has 0 saturated heterocycles. The van der Waals surface area contributed by atoms with Crippen LogP contribution in [0.1, 0.15) is 16.7 Å². The summed E-state index contributed by atoms with van der Waals surface area (Å²) in [5, 5.41) is 8.96. The molecule has 1 heterocycles. The lowest BCUT2D eigenvalue weighted by Gasteiger charge is -2.31. The van der Waals surface area contributed by atoms with Crippen LogP contribution in [0.25, 0.3) is 0 Å². The maximum Gasteiger partial charge on any atom is 0.100 e. The molecule has 0 radical (unpaired) electrons. The van der Waals surface area contributed by atoms with Crippen LogP contribution in [0, 0.1) is 11.3 Å². The minimum Gasteiger partial charge on any atom is -0.367 e. The van der Waals surface area contributed by atoms with Crippen molar-refractivity contribution in [2.45, 2.75) is 13.0 Å². The van der Waals surface area contributed by atoms with Gasteiger partial charge in [0.05, 0.1) is 5.56 Å². The third-order valence-electron chi connectivity index (χ3n) is 3.57. The zero-order valence-electron chi connectivity index (χ0n) is 10.4. The van der Waals surface area contributed by atoms with Gasteiger partial charge in [0.25, 0.3) is 0 Å². The van der Waals surface area contributed by atoms with Gasteiger partial charge in [-0.3, -0.25) is 0 Å². The third kappa shape index (κ3) is 2.36. The van der Waals surface area contributed by atoms with E-state index in [2.05, 4.69) is 51.2 Å². The van der Waals surface area contributed by atoms with E-state index in [4.69, 9.17) is 5.26 Å². The lowest BCUT2D eigenvalue weighted by molar-refractivity contribution is 0.731. The summed E-state index contributed by atoms with van der Waals surface area (Å²) in [5.41, 5.74) is 4.70. The summed E-state index contributed by atoms with van der Waals surface area (Å²) in [5.74, 6) is 0. The van der Waals surface area contributed by atoms with Gasteiger partial charge in [0.1, 0.15) is 6.07 Å². The van der Waals surface area contributed by atoms with Crippen molar-refractivity contribution in [1.82, 2.24) is 0 Å². The molecule has 0 aromatic heterocycles. The minimum absolute atomic E-state index is 0.682. The highest BCUT2D eigenvalue weighted by molar-refractivity contribution is 9.10. The van der Waals surface area contributed by atoms with Crippen LogP contribution in [0.5, 0.6) is 0 Å². The molecule has 3 heteroatoms. The van der Waals surface area contributed by atoms with Gasteiger partial charge in [0.15, 0.2) is 0 Å². The van der Waals surface area contributed by atoms with Crippen molar-refractivity contribution in [3.8, 4) is 6.07 Å². The van der Waals surface area contributed by atoms with Gasteiger partial charge in [-0.2, -0.15) is 5.26 Å². The van der Waals surface area contributed by atoms with E-state index < -0.39 is 0 Å². The zero-order chi connectivity index (χ0) is 13.2. The van der Waals surface area contributed by atoms with Crippen molar-refractivity contribution in [1.29, 1.82) is 5.26 Å². The fourth-order valence-corrected chi connectivity index (χ4v) is 2.96. The molecule has 0 saturated carbocycles. The van der Waals surface area contributed by atoms with E-state index in [1.165, 1.54) is 16.8 Å². The van der Waals surface area contributed by atoms with E-state index in [0.717, 1.165) is 24.0 Å². The second-order valence-electron chi connectivity index (χ2n) is 4.72. The molecule has 19 heavy (non-hydrogen) atoms. The Bertz CT molecular complexity index is 658. The summed E-state index contributed by atoms with van der Waals surface area (Å²) < 4.78 is 0.867. The van der Waals surface area contributed by atoms with Crippen LogP contribution in [0.4, 0.5) is 5.69 Å². The molecular weight excluding hydrogens is 300 g/mol. The predicted molar refractivity (Wildman–Crippen MR) is 80.1 cm³/mol. The van der Waals surface area contributed by atoms with E-state index >= 15 is 0 Å². The number of hydrogen-bond donors (Lipinski definition) is 0. The Morgan fingerprint density at radius 3 is 2.63 bits per heavy atom. The molecule has 2 aromatic carbocycles. The van der Waals surface area contributed by atoms with Gasteiger partial charge in [-0.1, -0.05) is 24.3 Å². The first-order valence-electron chi connectivity index (χ1n) is 6.29. The highest BCUT2D eigenvalue weighted by Gasteiger charge is 2.16. The van der Waals surface area contributed by atoms with Gasteiger partial charge in [-0.15, -0.1) is 0 Å². The minimum atomic E-state index is 0.682. The molecule has 1 aliphatic rings. The Morgan fingerprint density at radius 1 is 1.11 bits per heavy atom. The predicted octanol–water partition coefficient (Wildman–Crippen LogP) is 3.88. The number of nitriles is 1. The van der Waals surface area contributed by atoms with E-state index in [-0.39, 0.29) is 0 Å². The fourth-order valence-electron chi connectivity index (χ4n) is 2.51. The number of halogens is 1. The maximum absolute atomic E-state index is 8.96. The topological polar surface area (TPSA) is 27.0 Å². The van der Waals surface area contributed by atoms with Crippen molar-refractivity contribution in [3.63, 3.8) is 0 Å². The summed E-state index contributed by atoms with van der Waals surface area (Å²) >= 11 is 3.46. The smallest absolute Gasteiger partial charge is 0.100 e. The molecule has 0 fully saturated rings. The Hall–Kier alpha value is -1.79. The summed E-state index contributed by atoms with van der Waals surface area (Å²) in [6.07, 6.45) is 1.08. The zero-order valence-corrected chi connectivity index (χ0v) is 12.0. The van der Waals surface area contributed by atoms with Crippen molar-refractivity contribution < 1.29 is 0 Å². The van der Waals surface area contributed by atoms with Gasteiger partial charge in [0.2, 0.25) is 0 Å². The van der Waals surface area contributed by atoms with Gasteiger partial charge >= 0.3 is 0 Å². The van der Waals surface area contributed by atoms with Gasteiger partial charge in [-0.05, 0) is 51.7 Å². The molecule has 2 nitrogen and oxygen atoms in total. The van der Waals surface area contributed by atoms with E-state index in [1.807, 2.05) is 18.2 Å². The highest BCUT2D eigenvalue weighted by atomic mass is 79.9. The number of benzene rings is 2. The number of nitrogens with zero attached hydrogens (tertiary/aromatic N) is 2. The molecule has 94 valence electrons. The molecular formula is C16H13BrN2. The van der Waals surface area contributed by atoms with E-state index in [0.29, 0.717) is 5.56 Å². The SMILES string of the molecule is N#Cc1ccc(N2CCc3ccccc3C2)cc1Br. The van der Waals surface area contributed by atoms with Gasteiger partial charge < -0.3 is 4.90 Å². The molecule has 2 aromatic rings. The van der Waals surface area contributed by atoms with Crippen molar-refractivity contribution in [3.05, 3.63) is 63.6 Å². The van der Waals surface area contributed by atoms with Crippen LogP contribution in [-0.4, -0.2) is 6.54 Å². The Morgan fingerprint density at radius 2 is 1.89 bits per heavy atom. The molecule has 0 bridgehead atoms. The van der Waals surface area contributed by atoms with Crippen LogP contribution < -0.4 is 4.90 Å². The van der Waals surface area contributed by atoms with E-state index in [1.54, 1.807) is 0 Å². The van der Waals surface area contributed by atoms with Gasteiger partial charge in [-0.25, -0.2) is 0 Å². The summed E-state index contributed by atoms with van der Waals surface area (Å²) in [4.78, 5) is 2.36. The molecule has 0 aliphatic carbocycles. The lowest BCUT2D eigenvalue weighted by atomic mass is 9.99. The summed E-state index contributed by atoms with van der Waals surface area (Å²) in [7, 11) is 0. The quantitative estimate of drug-likeness (QED) is 0.799. The first kappa shape index (κ1) is 12.3. The van der Waals surface area contributed by atoms with Crippen LogP contribution >= 0.6 is 15.9 Å². The van der Waals surface area contributed by atoms with Crippen LogP contribution in [0.15, 0.2) is 46.9 Å². The number of anilines is 1. The molecule has 0 unspecified atom stereocenters. The lowest BCUT2D eigenvalue weighted by Crippen LogP contribution is -2.30. The van der Waals surface area contributed by atoms with Crippen LogP contribution in [0.2, 0.25) is 0 Å². The average Bonchev–Trinajstić information content (AvgIpc) is 2.46.